The lowest BCUT2D eigenvalue weighted by molar-refractivity contribution is 1.09. The molecule has 2 bridgehead atoms. The van der Waals surface area contributed by atoms with E-state index in [1.807, 2.05) is 165 Å². The molecule has 43 heavy (non-hydrogen) atoms. The van der Waals surface area contributed by atoms with Gasteiger partial charge in [-0.2, -0.15) is 0 Å². The summed E-state index contributed by atoms with van der Waals surface area (Å²) in [5, 5.41) is 0. The molecular weight excluding hydrogens is 839 g/mol. The van der Waals surface area contributed by atoms with Crippen LogP contribution in [0.5, 0.6) is 0 Å². The number of aromatic nitrogens is 1. The van der Waals surface area contributed by atoms with E-state index in [-0.39, 0.29) is 0 Å². The summed E-state index contributed by atoms with van der Waals surface area (Å²) in [5.74, 6) is 4.15. The topological polar surface area (TPSA) is 12.9 Å². The number of hydrogen-bond acceptors (Lipinski definition) is 17. The normalized spacial score (nSPS) is 22.5. The molecule has 0 aromatic carbocycles. The highest BCUT2D eigenvalue weighted by atomic mass is 32.3. The molecule has 0 radical (unpaired) electrons. The van der Waals surface area contributed by atoms with Gasteiger partial charge >= 0.3 is 0 Å². The quantitative estimate of drug-likeness (QED) is 0.285. The Morgan fingerprint density at radius 2 is 0.814 bits per heavy atom. The Morgan fingerprint density at radius 1 is 0.465 bits per heavy atom. The molecule has 0 amide bonds. The monoisotopic (exact) mass is 863 g/mol. The molecule has 1 aromatic rings. The van der Waals surface area contributed by atoms with Crippen LogP contribution in [0.1, 0.15) is 17.8 Å². The molecule has 230 valence electrons. The van der Waals surface area contributed by atoms with Crippen LogP contribution in [0.15, 0.2) is 69.0 Å². The van der Waals surface area contributed by atoms with Gasteiger partial charge in [0.2, 0.25) is 0 Å². The van der Waals surface area contributed by atoms with Gasteiger partial charge in [-0.05, 0) is 55.1 Å². The van der Waals surface area contributed by atoms with Crippen LogP contribution in [-0.4, -0.2) is 41.5 Å². The van der Waals surface area contributed by atoms with Gasteiger partial charge in [-0.25, -0.2) is 0 Å². The second-order valence-corrected chi connectivity index (χ2v) is 27.0. The molecule has 0 saturated heterocycles. The standard InChI is InChI=1S/C26H25NS16/c1-28-15-16(29-2)37-23(36-15)25-40-19-21(42-25)34-11-13-7-5-8-14(27-13)12-35-22-20(33-10-6-9-32-19)41-26(43-22)24-38-17(30-3)18(31-4)39-24/h5,7-8H,6,9-12H2,1-4H3. The first-order valence-electron chi connectivity index (χ1n) is 12.6. The molecule has 5 aliphatic rings. The minimum atomic E-state index is 0.917. The molecule has 0 fully saturated rings. The maximum atomic E-state index is 5.11. The molecule has 0 N–H and O–H groups in total. The van der Waals surface area contributed by atoms with Crippen LogP contribution >= 0.6 is 188 Å². The zero-order valence-electron chi connectivity index (χ0n) is 23.2. The van der Waals surface area contributed by atoms with Crippen molar-refractivity contribution in [3.63, 3.8) is 0 Å². The van der Waals surface area contributed by atoms with Gasteiger partial charge in [0, 0.05) is 11.5 Å². The van der Waals surface area contributed by atoms with Crippen molar-refractivity contribution in [1.29, 1.82) is 0 Å². The average Bonchev–Trinajstić information content (AvgIpc) is 3.82. The van der Waals surface area contributed by atoms with Gasteiger partial charge in [-0.1, -0.05) is 100 Å². The molecule has 1 aromatic heterocycles. The number of hydrogen-bond donors (Lipinski definition) is 0. The molecule has 0 atom stereocenters. The van der Waals surface area contributed by atoms with E-state index < -0.39 is 0 Å². The van der Waals surface area contributed by atoms with Crippen LogP contribution in [0.3, 0.4) is 0 Å². The SMILES string of the molecule is CSC1=C(SC)SC(=C2SC3=C(SCc4cccc(n4)CSC4=C(SCCCS3)SC(=C3SC(SC)=C(SC)S3)S4)S2)S1. The molecule has 0 saturated carbocycles. The lowest BCUT2D eigenvalue weighted by Crippen LogP contribution is -1.93. The summed E-state index contributed by atoms with van der Waals surface area (Å²) in [6, 6.07) is 6.59. The molecule has 17 heteroatoms. The van der Waals surface area contributed by atoms with Crippen molar-refractivity contribution in [2.75, 3.05) is 36.5 Å². The molecular formula is C26H25NS16. The van der Waals surface area contributed by atoms with Gasteiger partial charge in [0.1, 0.15) is 0 Å². The average molecular weight is 865 g/mol. The molecule has 1 nitrogen and oxygen atoms in total. The Bertz CT molecular complexity index is 1320. The van der Waals surface area contributed by atoms with E-state index >= 15 is 0 Å². The Morgan fingerprint density at radius 3 is 1.19 bits per heavy atom. The summed E-state index contributed by atoms with van der Waals surface area (Å²) in [4.78, 5) is 5.11. The van der Waals surface area contributed by atoms with Crippen molar-refractivity contribution in [2.45, 2.75) is 17.9 Å². The van der Waals surface area contributed by atoms with Gasteiger partial charge in [0.25, 0.3) is 0 Å². The first kappa shape index (κ1) is 36.0. The van der Waals surface area contributed by atoms with Crippen LogP contribution in [0.2, 0.25) is 0 Å². The Kier molecular flexibility index (Phi) is 15.0. The summed E-state index contributed by atoms with van der Waals surface area (Å²) in [6.45, 7) is 0. The van der Waals surface area contributed by atoms with E-state index in [1.54, 1.807) is 0 Å². The van der Waals surface area contributed by atoms with Gasteiger partial charge < -0.3 is 0 Å². The lowest BCUT2D eigenvalue weighted by Gasteiger charge is -2.09. The van der Waals surface area contributed by atoms with Crippen LogP contribution in [0.25, 0.3) is 0 Å². The third-order valence-electron chi connectivity index (χ3n) is 5.55. The zero-order valence-corrected chi connectivity index (χ0v) is 36.3. The van der Waals surface area contributed by atoms with Crippen molar-refractivity contribution in [2.24, 2.45) is 0 Å². The molecule has 5 aliphatic heterocycles. The molecule has 6 rings (SSSR count). The van der Waals surface area contributed by atoms with E-state index in [4.69, 9.17) is 4.98 Å². The van der Waals surface area contributed by atoms with Gasteiger partial charge in [-0.15, -0.1) is 94.1 Å². The summed E-state index contributed by atoms with van der Waals surface area (Å²) < 4.78 is 17.5. The van der Waals surface area contributed by atoms with Crippen LogP contribution in [0.4, 0.5) is 0 Å². The number of nitrogens with zero attached hydrogens (tertiary/aromatic N) is 1. The van der Waals surface area contributed by atoms with E-state index in [0.29, 0.717) is 0 Å². The fraction of sp³-hybridized carbons (Fsp3) is 0.346. The van der Waals surface area contributed by atoms with Gasteiger partial charge in [-0.3, -0.25) is 4.98 Å². The second kappa shape index (κ2) is 17.9. The Hall–Kier alpha value is 3.19. The lowest BCUT2D eigenvalue weighted by atomic mass is 10.3. The summed E-state index contributed by atoms with van der Waals surface area (Å²) in [6.07, 6.45) is 10.0. The third kappa shape index (κ3) is 9.30. The van der Waals surface area contributed by atoms with Crippen molar-refractivity contribution in [3.8, 4) is 0 Å². The largest absolute Gasteiger partial charge is 0.256 e. The molecule has 0 aliphatic carbocycles. The number of fused-ring (bicyclic) bond motifs is 2. The van der Waals surface area contributed by atoms with Crippen LogP contribution < -0.4 is 0 Å². The van der Waals surface area contributed by atoms with Gasteiger partial charge in [0.05, 0.1) is 62.2 Å². The highest BCUT2D eigenvalue weighted by molar-refractivity contribution is 8.46. The van der Waals surface area contributed by atoms with Crippen molar-refractivity contribution in [1.82, 2.24) is 4.98 Å². The van der Waals surface area contributed by atoms with E-state index in [9.17, 15) is 0 Å². The fourth-order valence-corrected chi connectivity index (χ4v) is 25.9. The van der Waals surface area contributed by atoms with Crippen LogP contribution in [0, 0.1) is 0 Å². The number of thioether (sulfide) groups is 16. The number of rotatable bonds is 4. The Balaban J connectivity index is 1.17. The minimum absolute atomic E-state index is 0.917. The number of pyridine rings is 1. The van der Waals surface area contributed by atoms with Crippen molar-refractivity contribution in [3.05, 3.63) is 80.4 Å². The summed E-state index contributed by atoms with van der Waals surface area (Å²) in [5.41, 5.74) is 2.36. The Labute approximate surface area is 323 Å². The molecule has 6 heterocycles. The predicted octanol–water partition coefficient (Wildman–Crippen LogP) is 14.5. The molecule has 0 spiro atoms. The third-order valence-corrected chi connectivity index (χ3v) is 28.3. The highest BCUT2D eigenvalue weighted by Crippen LogP contribution is 2.67. The maximum Gasteiger partial charge on any atom is 0.0717 e. The van der Waals surface area contributed by atoms with E-state index in [0.717, 1.165) is 23.0 Å². The predicted molar refractivity (Wildman–Crippen MR) is 233 cm³/mol. The van der Waals surface area contributed by atoms with E-state index in [2.05, 4.69) is 66.7 Å². The maximum absolute atomic E-state index is 5.11. The van der Waals surface area contributed by atoms with Crippen molar-refractivity contribution >= 4 is 188 Å². The summed E-state index contributed by atoms with van der Waals surface area (Å²) >= 11 is 31.4. The van der Waals surface area contributed by atoms with Gasteiger partial charge in [0.15, 0.2) is 0 Å². The van der Waals surface area contributed by atoms with Crippen LogP contribution in [-0.2, 0) is 11.5 Å². The fourth-order valence-electron chi connectivity index (χ4n) is 3.63. The minimum Gasteiger partial charge on any atom is -0.256 e. The highest BCUT2D eigenvalue weighted by Gasteiger charge is 2.32. The van der Waals surface area contributed by atoms with E-state index in [1.165, 1.54) is 68.7 Å². The first-order valence-corrected chi connectivity index (χ1v) is 28.0. The second-order valence-electron chi connectivity index (χ2n) is 8.33. The zero-order chi connectivity index (χ0) is 29.8. The van der Waals surface area contributed by atoms with Crippen molar-refractivity contribution < 1.29 is 0 Å². The summed E-state index contributed by atoms with van der Waals surface area (Å²) in [7, 11) is 0. The smallest absolute Gasteiger partial charge is 0.0717 e. The first-order chi connectivity index (χ1) is 21.1. The molecule has 0 unspecified atom stereocenters.